The first kappa shape index (κ1) is 18.9. The first-order valence-corrected chi connectivity index (χ1v) is 9.19. The van der Waals surface area contributed by atoms with Crippen molar-refractivity contribution < 1.29 is 4.74 Å². The lowest BCUT2D eigenvalue weighted by Crippen LogP contribution is -2.69. The molecule has 1 N–H and O–H groups in total. The van der Waals surface area contributed by atoms with Gasteiger partial charge in [-0.1, -0.05) is 41.0 Å². The van der Waals surface area contributed by atoms with Gasteiger partial charge in [0.25, 0.3) is 0 Å². The number of hydrogen-bond donors (Lipinski definition) is 1. The van der Waals surface area contributed by atoms with Crippen molar-refractivity contribution in [2.45, 2.75) is 84.2 Å². The van der Waals surface area contributed by atoms with Crippen LogP contribution < -0.4 is 5.32 Å². The van der Waals surface area contributed by atoms with Crippen LogP contribution in [0.4, 0.5) is 0 Å². The van der Waals surface area contributed by atoms with Gasteiger partial charge in [-0.3, -0.25) is 4.90 Å². The summed E-state index contributed by atoms with van der Waals surface area (Å²) in [6.45, 7) is 16.7. The summed E-state index contributed by atoms with van der Waals surface area (Å²) in [6.07, 6.45) is 7.25. The number of piperazine rings is 1. The molecule has 0 unspecified atom stereocenters. The van der Waals surface area contributed by atoms with Crippen molar-refractivity contribution in [1.29, 1.82) is 0 Å². The Balaban J connectivity index is 2.65. The van der Waals surface area contributed by atoms with Crippen LogP contribution in [0.1, 0.15) is 73.1 Å². The summed E-state index contributed by atoms with van der Waals surface area (Å²) in [5, 5.41) is 3.88. The van der Waals surface area contributed by atoms with Crippen molar-refractivity contribution in [3.63, 3.8) is 0 Å². The number of rotatable bonds is 10. The second kappa shape index (κ2) is 9.12. The molecule has 1 aliphatic rings. The molecule has 1 heterocycles. The van der Waals surface area contributed by atoms with E-state index in [-0.39, 0.29) is 0 Å². The fraction of sp³-hybridized carbons (Fsp3) is 1.00. The molecule has 3 nitrogen and oxygen atoms in total. The summed E-state index contributed by atoms with van der Waals surface area (Å²) in [5.74, 6) is 0. The summed E-state index contributed by atoms with van der Waals surface area (Å²) in [6, 6.07) is 0. The van der Waals surface area contributed by atoms with Crippen LogP contribution in [0.5, 0.6) is 0 Å². The molecule has 1 rings (SSSR count). The molecule has 0 atom stereocenters. The minimum Gasteiger partial charge on any atom is -0.380 e. The van der Waals surface area contributed by atoms with Crippen molar-refractivity contribution in [3.05, 3.63) is 0 Å². The van der Waals surface area contributed by atoms with Crippen LogP contribution in [0.25, 0.3) is 0 Å². The largest absolute Gasteiger partial charge is 0.380 e. The lowest BCUT2D eigenvalue weighted by molar-refractivity contribution is -0.0233. The Morgan fingerprint density at radius 1 is 0.952 bits per heavy atom. The van der Waals surface area contributed by atoms with Crippen LogP contribution in [-0.4, -0.2) is 48.8 Å². The van der Waals surface area contributed by atoms with Crippen LogP contribution in [0, 0.1) is 0 Å². The molecule has 1 saturated heterocycles. The third kappa shape index (κ3) is 4.67. The van der Waals surface area contributed by atoms with Gasteiger partial charge in [-0.15, -0.1) is 0 Å². The number of nitrogens with zero attached hydrogens (tertiary/aromatic N) is 1. The molecule has 0 saturated carbocycles. The normalized spacial score (nSPS) is 21.6. The average molecular weight is 299 g/mol. The maximum Gasteiger partial charge on any atom is 0.0593 e. The lowest BCUT2D eigenvalue weighted by atomic mass is 9.80. The monoisotopic (exact) mass is 298 g/mol. The molecule has 0 aliphatic carbocycles. The van der Waals surface area contributed by atoms with Crippen LogP contribution >= 0.6 is 0 Å². The highest BCUT2D eigenvalue weighted by atomic mass is 16.5. The van der Waals surface area contributed by atoms with E-state index in [1.54, 1.807) is 0 Å². The topological polar surface area (TPSA) is 24.5 Å². The van der Waals surface area contributed by atoms with Crippen molar-refractivity contribution in [1.82, 2.24) is 10.2 Å². The highest BCUT2D eigenvalue weighted by molar-refractivity contribution is 5.03. The van der Waals surface area contributed by atoms with Gasteiger partial charge in [0, 0.05) is 37.3 Å². The van der Waals surface area contributed by atoms with E-state index in [0.717, 1.165) is 26.3 Å². The second-order valence-corrected chi connectivity index (χ2v) is 6.66. The fourth-order valence-corrected chi connectivity index (χ4v) is 3.56. The van der Waals surface area contributed by atoms with E-state index < -0.39 is 0 Å². The maximum absolute atomic E-state index is 5.83. The van der Waals surface area contributed by atoms with Gasteiger partial charge in [-0.2, -0.15) is 0 Å². The van der Waals surface area contributed by atoms with Gasteiger partial charge in [-0.05, 0) is 32.1 Å². The molecule has 0 radical (unpaired) electrons. The van der Waals surface area contributed by atoms with Gasteiger partial charge >= 0.3 is 0 Å². The molecule has 3 heteroatoms. The molecule has 126 valence electrons. The summed E-state index contributed by atoms with van der Waals surface area (Å²) in [5.41, 5.74) is 0.624. The minimum absolute atomic E-state index is 0.303. The Hall–Kier alpha value is -0.120. The first-order valence-electron chi connectivity index (χ1n) is 9.19. The Bertz CT molecular complexity index is 272. The smallest absolute Gasteiger partial charge is 0.0593 e. The lowest BCUT2D eigenvalue weighted by Gasteiger charge is -2.54. The maximum atomic E-state index is 5.83. The molecule has 0 aromatic carbocycles. The van der Waals surface area contributed by atoms with Gasteiger partial charge in [0.15, 0.2) is 0 Å². The highest BCUT2D eigenvalue weighted by Crippen LogP contribution is 2.32. The van der Waals surface area contributed by atoms with E-state index in [2.05, 4.69) is 44.8 Å². The van der Waals surface area contributed by atoms with E-state index in [4.69, 9.17) is 4.74 Å². The predicted molar refractivity (Wildman–Crippen MR) is 91.9 cm³/mol. The Labute approximate surface area is 132 Å². The molecular weight excluding hydrogens is 260 g/mol. The molecule has 0 amide bonds. The van der Waals surface area contributed by atoms with E-state index in [1.807, 2.05) is 0 Å². The Kier molecular flexibility index (Phi) is 8.22. The van der Waals surface area contributed by atoms with Gasteiger partial charge < -0.3 is 10.1 Å². The third-order valence-electron chi connectivity index (χ3n) is 5.77. The summed E-state index contributed by atoms with van der Waals surface area (Å²) < 4.78 is 5.83. The quantitative estimate of drug-likeness (QED) is 0.620. The van der Waals surface area contributed by atoms with E-state index >= 15 is 0 Å². The predicted octanol–water partition coefficient (Wildman–Crippen LogP) is 3.83. The molecule has 0 bridgehead atoms. The second-order valence-electron chi connectivity index (χ2n) is 6.66. The van der Waals surface area contributed by atoms with Gasteiger partial charge in [-0.25, -0.2) is 0 Å². The summed E-state index contributed by atoms with van der Waals surface area (Å²) >= 11 is 0. The molecule has 0 spiro atoms. The molecule has 21 heavy (non-hydrogen) atoms. The van der Waals surface area contributed by atoms with E-state index in [9.17, 15) is 0 Å². The van der Waals surface area contributed by atoms with Crippen molar-refractivity contribution in [2.75, 3.05) is 32.8 Å². The Morgan fingerprint density at radius 2 is 1.62 bits per heavy atom. The van der Waals surface area contributed by atoms with Crippen molar-refractivity contribution in [3.8, 4) is 0 Å². The molecule has 0 aromatic heterocycles. The van der Waals surface area contributed by atoms with Crippen molar-refractivity contribution in [2.24, 2.45) is 0 Å². The van der Waals surface area contributed by atoms with Crippen LogP contribution in [0.3, 0.4) is 0 Å². The minimum atomic E-state index is 0.303. The van der Waals surface area contributed by atoms with Gasteiger partial charge in [0.1, 0.15) is 0 Å². The van der Waals surface area contributed by atoms with Crippen LogP contribution in [0.15, 0.2) is 0 Å². The van der Waals surface area contributed by atoms with Crippen LogP contribution in [-0.2, 0) is 4.74 Å². The third-order valence-corrected chi connectivity index (χ3v) is 5.77. The SMILES string of the molecule is CCCCOCCN1CC(CC)(CC)NCC1(CC)CC. The van der Waals surface area contributed by atoms with Gasteiger partial charge in [0.2, 0.25) is 0 Å². The highest BCUT2D eigenvalue weighted by Gasteiger charge is 2.43. The Morgan fingerprint density at radius 3 is 2.14 bits per heavy atom. The number of unbranched alkanes of at least 4 members (excludes halogenated alkanes) is 1. The van der Waals surface area contributed by atoms with Crippen molar-refractivity contribution >= 4 is 0 Å². The van der Waals surface area contributed by atoms with E-state index in [1.165, 1.54) is 45.1 Å². The zero-order valence-corrected chi connectivity index (χ0v) is 15.1. The van der Waals surface area contributed by atoms with Gasteiger partial charge in [0.05, 0.1) is 6.61 Å². The van der Waals surface area contributed by atoms with Crippen LogP contribution in [0.2, 0.25) is 0 Å². The standard InChI is InChI=1S/C18H38N2O/c1-6-11-13-21-14-12-20-16-17(7-2,8-3)19-15-18(20,9-4)10-5/h19H,6-16H2,1-5H3. The number of ether oxygens (including phenoxy) is 1. The molecule has 1 fully saturated rings. The fourth-order valence-electron chi connectivity index (χ4n) is 3.56. The molecule has 1 aliphatic heterocycles. The molecule has 0 aromatic rings. The first-order chi connectivity index (χ1) is 10.1. The summed E-state index contributed by atoms with van der Waals surface area (Å²) in [4.78, 5) is 2.72. The molecular formula is C18H38N2O. The average Bonchev–Trinajstić information content (AvgIpc) is 2.54. The number of hydrogen-bond acceptors (Lipinski definition) is 3. The number of nitrogens with one attached hydrogen (secondary N) is 1. The zero-order valence-electron chi connectivity index (χ0n) is 15.1. The zero-order chi connectivity index (χ0) is 15.8. The summed E-state index contributed by atoms with van der Waals surface area (Å²) in [7, 11) is 0. The van der Waals surface area contributed by atoms with E-state index in [0.29, 0.717) is 11.1 Å².